The molecule has 0 aromatic heterocycles. The summed E-state index contributed by atoms with van der Waals surface area (Å²) in [6.45, 7) is 7.77. The standard InChI is InChI=1S/C13H18BrNS/c1-3-7-16-8-6-15-10-12-5-4-11(2)9-13(12)14/h3-5,9,15H,1,6-8,10H2,2H3. The van der Waals surface area contributed by atoms with Gasteiger partial charge in [0.2, 0.25) is 0 Å². The van der Waals surface area contributed by atoms with E-state index in [1.165, 1.54) is 15.6 Å². The van der Waals surface area contributed by atoms with Crippen molar-refractivity contribution in [3.63, 3.8) is 0 Å². The molecule has 1 rings (SSSR count). The van der Waals surface area contributed by atoms with Crippen LogP contribution in [0.3, 0.4) is 0 Å². The van der Waals surface area contributed by atoms with Crippen molar-refractivity contribution < 1.29 is 0 Å². The maximum atomic E-state index is 3.70. The van der Waals surface area contributed by atoms with E-state index < -0.39 is 0 Å². The molecule has 0 saturated heterocycles. The van der Waals surface area contributed by atoms with Crippen LogP contribution in [0.2, 0.25) is 0 Å². The minimum Gasteiger partial charge on any atom is -0.312 e. The second-order valence-electron chi connectivity index (χ2n) is 3.64. The number of benzene rings is 1. The molecule has 88 valence electrons. The normalized spacial score (nSPS) is 10.4. The van der Waals surface area contributed by atoms with E-state index in [0.717, 1.165) is 24.6 Å². The molecule has 1 aromatic rings. The Balaban J connectivity index is 2.24. The molecule has 0 aliphatic heterocycles. The summed E-state index contributed by atoms with van der Waals surface area (Å²) in [4.78, 5) is 0. The third-order valence-corrected chi connectivity index (χ3v) is 3.89. The molecule has 3 heteroatoms. The average Bonchev–Trinajstić information content (AvgIpc) is 2.26. The number of thioether (sulfide) groups is 1. The highest BCUT2D eigenvalue weighted by Crippen LogP contribution is 2.17. The molecule has 0 aliphatic carbocycles. The first-order valence-corrected chi connectivity index (χ1v) is 7.33. The van der Waals surface area contributed by atoms with Gasteiger partial charge in [0.05, 0.1) is 0 Å². The second-order valence-corrected chi connectivity index (χ2v) is 5.64. The Morgan fingerprint density at radius 2 is 2.31 bits per heavy atom. The van der Waals surface area contributed by atoms with Crippen molar-refractivity contribution in [2.75, 3.05) is 18.1 Å². The Hall–Kier alpha value is -0.250. The minimum absolute atomic E-state index is 0.926. The maximum absolute atomic E-state index is 3.70. The van der Waals surface area contributed by atoms with Gasteiger partial charge in [-0.25, -0.2) is 0 Å². The molecule has 0 heterocycles. The largest absolute Gasteiger partial charge is 0.312 e. The number of nitrogens with one attached hydrogen (secondary N) is 1. The SMILES string of the molecule is C=CCSCCNCc1ccc(C)cc1Br. The summed E-state index contributed by atoms with van der Waals surface area (Å²) < 4.78 is 1.19. The molecule has 16 heavy (non-hydrogen) atoms. The number of aryl methyl sites for hydroxylation is 1. The van der Waals surface area contributed by atoms with E-state index in [0.29, 0.717) is 0 Å². The lowest BCUT2D eigenvalue weighted by Crippen LogP contribution is -2.16. The van der Waals surface area contributed by atoms with Crippen LogP contribution in [0.15, 0.2) is 35.3 Å². The van der Waals surface area contributed by atoms with E-state index in [4.69, 9.17) is 0 Å². The molecule has 0 radical (unpaired) electrons. The molecule has 0 amide bonds. The van der Waals surface area contributed by atoms with Crippen LogP contribution in [-0.4, -0.2) is 18.1 Å². The molecule has 0 aliphatic rings. The fraction of sp³-hybridized carbons (Fsp3) is 0.385. The molecule has 1 nitrogen and oxygen atoms in total. The Morgan fingerprint density at radius 1 is 1.50 bits per heavy atom. The molecule has 0 saturated carbocycles. The Morgan fingerprint density at radius 3 is 3.00 bits per heavy atom. The van der Waals surface area contributed by atoms with Crippen LogP contribution >= 0.6 is 27.7 Å². The molecular weight excluding hydrogens is 282 g/mol. The topological polar surface area (TPSA) is 12.0 Å². The first-order valence-electron chi connectivity index (χ1n) is 5.38. The highest BCUT2D eigenvalue weighted by molar-refractivity contribution is 9.10. The van der Waals surface area contributed by atoms with E-state index in [2.05, 4.69) is 52.9 Å². The van der Waals surface area contributed by atoms with Crippen molar-refractivity contribution in [1.82, 2.24) is 5.32 Å². The zero-order valence-corrected chi connectivity index (χ0v) is 12.0. The predicted octanol–water partition coefficient (Wildman–Crippen LogP) is 3.77. The van der Waals surface area contributed by atoms with Gasteiger partial charge < -0.3 is 5.32 Å². The minimum atomic E-state index is 0.926. The third-order valence-electron chi connectivity index (χ3n) is 2.18. The van der Waals surface area contributed by atoms with E-state index >= 15 is 0 Å². The van der Waals surface area contributed by atoms with Gasteiger partial charge >= 0.3 is 0 Å². The Kier molecular flexibility index (Phi) is 6.85. The van der Waals surface area contributed by atoms with Gasteiger partial charge in [0, 0.05) is 29.1 Å². The first-order chi connectivity index (χ1) is 7.74. The van der Waals surface area contributed by atoms with Crippen LogP contribution in [0.1, 0.15) is 11.1 Å². The van der Waals surface area contributed by atoms with Crippen LogP contribution in [0, 0.1) is 6.92 Å². The summed E-state index contributed by atoms with van der Waals surface area (Å²) in [7, 11) is 0. The molecule has 0 bridgehead atoms. The van der Waals surface area contributed by atoms with Gasteiger partial charge in [-0.1, -0.05) is 34.1 Å². The highest BCUT2D eigenvalue weighted by Gasteiger charge is 1.98. The van der Waals surface area contributed by atoms with Crippen LogP contribution in [0.25, 0.3) is 0 Å². The highest BCUT2D eigenvalue weighted by atomic mass is 79.9. The van der Waals surface area contributed by atoms with Gasteiger partial charge in [-0.05, 0) is 24.1 Å². The third kappa shape index (κ3) is 5.19. The molecule has 0 atom stereocenters. The summed E-state index contributed by atoms with van der Waals surface area (Å²) in [5.41, 5.74) is 2.61. The molecule has 1 N–H and O–H groups in total. The summed E-state index contributed by atoms with van der Waals surface area (Å²) in [5.74, 6) is 2.17. The van der Waals surface area contributed by atoms with Gasteiger partial charge in [-0.3, -0.25) is 0 Å². The zero-order chi connectivity index (χ0) is 11.8. The molecule has 1 aromatic carbocycles. The number of halogens is 1. The Bertz CT molecular complexity index is 339. The van der Waals surface area contributed by atoms with Gasteiger partial charge in [-0.15, -0.1) is 6.58 Å². The lowest BCUT2D eigenvalue weighted by Gasteiger charge is -2.07. The zero-order valence-electron chi connectivity index (χ0n) is 9.63. The molecule has 0 fully saturated rings. The lowest BCUT2D eigenvalue weighted by atomic mass is 10.1. The van der Waals surface area contributed by atoms with Gasteiger partial charge in [0.15, 0.2) is 0 Å². The monoisotopic (exact) mass is 299 g/mol. The van der Waals surface area contributed by atoms with Crippen molar-refractivity contribution in [2.24, 2.45) is 0 Å². The summed E-state index contributed by atoms with van der Waals surface area (Å²) >= 11 is 5.49. The second kappa shape index (κ2) is 7.93. The number of hydrogen-bond donors (Lipinski definition) is 1. The molecule has 0 unspecified atom stereocenters. The van der Waals surface area contributed by atoms with E-state index in [9.17, 15) is 0 Å². The number of rotatable bonds is 7. The van der Waals surface area contributed by atoms with Crippen molar-refractivity contribution in [3.8, 4) is 0 Å². The number of hydrogen-bond acceptors (Lipinski definition) is 2. The van der Waals surface area contributed by atoms with Crippen LogP contribution < -0.4 is 5.32 Å². The molecular formula is C13H18BrNS. The van der Waals surface area contributed by atoms with Crippen LogP contribution in [-0.2, 0) is 6.54 Å². The van der Waals surface area contributed by atoms with Gasteiger partial charge in [-0.2, -0.15) is 11.8 Å². The van der Waals surface area contributed by atoms with Gasteiger partial charge in [0.25, 0.3) is 0 Å². The summed E-state index contributed by atoms with van der Waals surface area (Å²) in [5, 5.41) is 3.44. The maximum Gasteiger partial charge on any atom is 0.0222 e. The van der Waals surface area contributed by atoms with E-state index in [1.807, 2.05) is 17.8 Å². The fourth-order valence-corrected chi connectivity index (χ4v) is 2.59. The van der Waals surface area contributed by atoms with E-state index in [-0.39, 0.29) is 0 Å². The molecule has 0 spiro atoms. The Labute approximate surface area is 111 Å². The van der Waals surface area contributed by atoms with Crippen molar-refractivity contribution >= 4 is 27.7 Å². The van der Waals surface area contributed by atoms with Gasteiger partial charge in [0.1, 0.15) is 0 Å². The van der Waals surface area contributed by atoms with Crippen LogP contribution in [0.5, 0.6) is 0 Å². The predicted molar refractivity (Wildman–Crippen MR) is 78.1 cm³/mol. The van der Waals surface area contributed by atoms with Crippen molar-refractivity contribution in [3.05, 3.63) is 46.5 Å². The van der Waals surface area contributed by atoms with E-state index in [1.54, 1.807) is 0 Å². The first kappa shape index (κ1) is 13.8. The smallest absolute Gasteiger partial charge is 0.0222 e. The summed E-state index contributed by atoms with van der Waals surface area (Å²) in [6, 6.07) is 6.47. The quantitative estimate of drug-likeness (QED) is 0.608. The fourth-order valence-electron chi connectivity index (χ4n) is 1.33. The van der Waals surface area contributed by atoms with Crippen LogP contribution in [0.4, 0.5) is 0 Å². The van der Waals surface area contributed by atoms with Crippen molar-refractivity contribution in [2.45, 2.75) is 13.5 Å². The summed E-state index contributed by atoms with van der Waals surface area (Å²) in [6.07, 6.45) is 1.95. The average molecular weight is 300 g/mol. The van der Waals surface area contributed by atoms with Crippen molar-refractivity contribution in [1.29, 1.82) is 0 Å². The lowest BCUT2D eigenvalue weighted by molar-refractivity contribution is 0.730.